The average Bonchev–Trinajstić information content (AvgIpc) is 2.77. The Kier molecular flexibility index (Phi) is 6.13. The quantitative estimate of drug-likeness (QED) is 0.495. The van der Waals surface area contributed by atoms with E-state index in [0.717, 1.165) is 18.2 Å². The zero-order valence-electron chi connectivity index (χ0n) is 16.9. The summed E-state index contributed by atoms with van der Waals surface area (Å²) >= 11 is 0. The summed E-state index contributed by atoms with van der Waals surface area (Å²) in [5.41, 5.74) is 0.0948. The molecule has 3 aromatic rings. The summed E-state index contributed by atoms with van der Waals surface area (Å²) in [7, 11) is 0. The van der Waals surface area contributed by atoms with Crippen LogP contribution >= 0.6 is 0 Å². The molecule has 174 valence electrons. The van der Waals surface area contributed by atoms with E-state index < -0.39 is 36.1 Å². The van der Waals surface area contributed by atoms with Crippen molar-refractivity contribution in [2.24, 2.45) is 0 Å². The summed E-state index contributed by atoms with van der Waals surface area (Å²) < 4.78 is 66.8. The first-order valence-electron chi connectivity index (χ1n) is 9.83. The van der Waals surface area contributed by atoms with Gasteiger partial charge in [0.25, 0.3) is 0 Å². The van der Waals surface area contributed by atoms with Crippen molar-refractivity contribution in [1.82, 2.24) is 15.0 Å². The van der Waals surface area contributed by atoms with Crippen molar-refractivity contribution in [1.29, 1.82) is 0 Å². The van der Waals surface area contributed by atoms with E-state index in [1.807, 2.05) is 0 Å². The summed E-state index contributed by atoms with van der Waals surface area (Å²) in [4.78, 5) is 14.0. The molecule has 0 spiro atoms. The van der Waals surface area contributed by atoms with Gasteiger partial charge in [-0.3, -0.25) is 0 Å². The third kappa shape index (κ3) is 4.71. The molecule has 7 nitrogen and oxygen atoms in total. The van der Waals surface area contributed by atoms with Gasteiger partial charge < -0.3 is 20.4 Å². The van der Waals surface area contributed by atoms with Crippen LogP contribution in [0, 0.1) is 11.6 Å². The summed E-state index contributed by atoms with van der Waals surface area (Å²) in [5.74, 6) is -1.71. The second-order valence-electron chi connectivity index (χ2n) is 7.41. The molecule has 2 aromatic heterocycles. The number of hydrogen-bond acceptors (Lipinski definition) is 7. The lowest BCUT2D eigenvalue weighted by molar-refractivity contribution is -0.139. The second-order valence-corrected chi connectivity index (χ2v) is 7.41. The summed E-state index contributed by atoms with van der Waals surface area (Å²) in [5, 5.41) is 21.5. The number of halogens is 5. The number of aliphatic hydroxyl groups excluding tert-OH is 2. The van der Waals surface area contributed by atoms with Crippen LogP contribution in [0.25, 0.3) is 0 Å². The Labute approximate surface area is 184 Å². The predicted octanol–water partition coefficient (Wildman–Crippen LogP) is 3.50. The minimum absolute atomic E-state index is 0.0486. The van der Waals surface area contributed by atoms with E-state index in [0.29, 0.717) is 36.1 Å². The highest BCUT2D eigenvalue weighted by Crippen LogP contribution is 2.34. The summed E-state index contributed by atoms with van der Waals surface area (Å²) in [6.45, 7) is -0.0466. The third-order valence-electron chi connectivity index (χ3n) is 5.24. The van der Waals surface area contributed by atoms with Crippen molar-refractivity contribution in [3.05, 3.63) is 70.8 Å². The SMILES string of the molecule is OC[C@H](O)c1cnc(N2CCc3c(ncnc3Nc3ccc(C(F)(F)F)c(F)c3)C2)c(F)c1. The molecule has 1 aliphatic rings. The molecule has 1 aromatic carbocycles. The van der Waals surface area contributed by atoms with Crippen LogP contribution in [0.5, 0.6) is 0 Å². The molecular formula is C21H18F5N5O2. The molecule has 0 aliphatic carbocycles. The van der Waals surface area contributed by atoms with Crippen LogP contribution in [-0.4, -0.2) is 38.3 Å². The van der Waals surface area contributed by atoms with E-state index >= 15 is 0 Å². The number of nitrogens with zero attached hydrogens (tertiary/aromatic N) is 4. The van der Waals surface area contributed by atoms with E-state index in [9.17, 15) is 27.1 Å². The highest BCUT2D eigenvalue weighted by atomic mass is 19.4. The summed E-state index contributed by atoms with van der Waals surface area (Å²) in [6.07, 6.45) is -3.14. The largest absolute Gasteiger partial charge is 0.419 e. The van der Waals surface area contributed by atoms with Gasteiger partial charge in [0.2, 0.25) is 0 Å². The maximum Gasteiger partial charge on any atom is 0.419 e. The van der Waals surface area contributed by atoms with Gasteiger partial charge in [0.1, 0.15) is 24.1 Å². The number of nitrogens with one attached hydrogen (secondary N) is 1. The van der Waals surface area contributed by atoms with Crippen LogP contribution in [0.15, 0.2) is 36.8 Å². The third-order valence-corrected chi connectivity index (χ3v) is 5.24. The number of alkyl halides is 3. The lowest BCUT2D eigenvalue weighted by Crippen LogP contribution is -2.33. The molecule has 0 bridgehead atoms. The van der Waals surface area contributed by atoms with Crippen LogP contribution < -0.4 is 10.2 Å². The Bertz CT molecular complexity index is 1170. The highest BCUT2D eigenvalue weighted by Gasteiger charge is 2.34. The van der Waals surface area contributed by atoms with Crippen molar-refractivity contribution in [2.45, 2.75) is 25.2 Å². The molecule has 33 heavy (non-hydrogen) atoms. The van der Waals surface area contributed by atoms with Crippen molar-refractivity contribution < 1.29 is 32.2 Å². The standard InChI is InChI=1S/C21H18F5N5O2/c22-15-6-12(1-2-14(15)21(24,25)26)30-19-13-3-4-31(8-17(13)28-10-29-19)20-16(23)5-11(7-27-20)18(33)9-32/h1-2,5-7,10,18,32-33H,3-4,8-9H2,(H,28,29,30)/t18-/m0/s1. The first-order chi connectivity index (χ1) is 15.7. The van der Waals surface area contributed by atoms with Crippen LogP contribution in [-0.2, 0) is 19.1 Å². The Morgan fingerprint density at radius 1 is 1.09 bits per heavy atom. The number of anilines is 3. The molecule has 0 radical (unpaired) electrons. The average molecular weight is 467 g/mol. The van der Waals surface area contributed by atoms with Crippen LogP contribution in [0.3, 0.4) is 0 Å². The molecule has 4 rings (SSSR count). The number of hydrogen-bond donors (Lipinski definition) is 3. The lowest BCUT2D eigenvalue weighted by atomic mass is 10.0. The first kappa shape index (κ1) is 22.8. The summed E-state index contributed by atoms with van der Waals surface area (Å²) in [6, 6.07) is 3.61. The van der Waals surface area contributed by atoms with Crippen molar-refractivity contribution in [3.8, 4) is 0 Å². The fraction of sp³-hybridized carbons (Fsp3) is 0.286. The molecule has 1 aliphatic heterocycles. The first-order valence-corrected chi connectivity index (χ1v) is 9.83. The van der Waals surface area contributed by atoms with Gasteiger partial charge in [-0.2, -0.15) is 13.2 Å². The van der Waals surface area contributed by atoms with Gasteiger partial charge in [-0.05, 0) is 30.7 Å². The van der Waals surface area contributed by atoms with Crippen molar-refractivity contribution in [2.75, 3.05) is 23.4 Å². The number of rotatable bonds is 5. The molecule has 0 amide bonds. The molecule has 0 saturated heterocycles. The Balaban J connectivity index is 1.55. The van der Waals surface area contributed by atoms with Gasteiger partial charge in [-0.15, -0.1) is 0 Å². The molecule has 3 heterocycles. The van der Waals surface area contributed by atoms with E-state index in [1.54, 1.807) is 4.90 Å². The minimum Gasteiger partial charge on any atom is -0.393 e. The van der Waals surface area contributed by atoms with Gasteiger partial charge in [-0.1, -0.05) is 0 Å². The number of fused-ring (bicyclic) bond motifs is 1. The number of benzene rings is 1. The van der Waals surface area contributed by atoms with E-state index in [-0.39, 0.29) is 23.6 Å². The Morgan fingerprint density at radius 2 is 1.88 bits per heavy atom. The maximum atomic E-state index is 14.6. The van der Waals surface area contributed by atoms with E-state index in [4.69, 9.17) is 5.11 Å². The normalized spacial score (nSPS) is 14.7. The minimum atomic E-state index is -4.79. The van der Waals surface area contributed by atoms with Gasteiger partial charge in [-0.25, -0.2) is 23.7 Å². The monoisotopic (exact) mass is 467 g/mol. The fourth-order valence-corrected chi connectivity index (χ4v) is 3.57. The van der Waals surface area contributed by atoms with E-state index in [1.165, 1.54) is 12.5 Å². The van der Waals surface area contributed by atoms with Gasteiger partial charge in [0.15, 0.2) is 11.6 Å². The number of pyridine rings is 1. The van der Waals surface area contributed by atoms with E-state index in [2.05, 4.69) is 20.3 Å². The zero-order valence-corrected chi connectivity index (χ0v) is 16.9. The van der Waals surface area contributed by atoms with Crippen LogP contribution in [0.2, 0.25) is 0 Å². The molecule has 0 fully saturated rings. The van der Waals surface area contributed by atoms with Gasteiger partial charge in [0.05, 0.1) is 24.4 Å². The molecule has 1 atom stereocenters. The predicted molar refractivity (Wildman–Crippen MR) is 108 cm³/mol. The van der Waals surface area contributed by atoms with Crippen LogP contribution in [0.1, 0.15) is 28.5 Å². The zero-order chi connectivity index (χ0) is 23.8. The number of aliphatic hydroxyl groups is 2. The lowest BCUT2D eigenvalue weighted by Gasteiger charge is -2.30. The van der Waals surface area contributed by atoms with Crippen molar-refractivity contribution >= 4 is 17.3 Å². The molecular weight excluding hydrogens is 449 g/mol. The molecule has 3 N–H and O–H groups in total. The maximum absolute atomic E-state index is 14.6. The Morgan fingerprint density at radius 3 is 2.55 bits per heavy atom. The smallest absolute Gasteiger partial charge is 0.393 e. The topological polar surface area (TPSA) is 94.4 Å². The second kappa shape index (κ2) is 8.87. The Hall–Kier alpha value is -3.38. The highest BCUT2D eigenvalue weighted by molar-refractivity contribution is 5.62. The van der Waals surface area contributed by atoms with Gasteiger partial charge >= 0.3 is 6.18 Å². The molecule has 12 heteroatoms. The van der Waals surface area contributed by atoms with Crippen molar-refractivity contribution in [3.63, 3.8) is 0 Å². The number of aromatic nitrogens is 3. The van der Waals surface area contributed by atoms with Crippen LogP contribution in [0.4, 0.5) is 39.3 Å². The fourth-order valence-electron chi connectivity index (χ4n) is 3.57. The molecule has 0 unspecified atom stereocenters. The van der Waals surface area contributed by atoms with Gasteiger partial charge in [0, 0.05) is 29.6 Å². The molecule has 0 saturated carbocycles.